The molecule has 2 aromatic rings. The van der Waals surface area contributed by atoms with Crippen molar-refractivity contribution in [1.82, 2.24) is 5.43 Å². The molecule has 0 bridgehead atoms. The maximum absolute atomic E-state index is 13.2. The van der Waals surface area contributed by atoms with Gasteiger partial charge in [0.05, 0.1) is 12.2 Å². The van der Waals surface area contributed by atoms with E-state index in [9.17, 15) is 18.8 Å². The SMILES string of the molecule is O=C(OCc1ccccc1)C1=NNCC12CC(=O)N(c1ccc(F)cc1)C2=O. The lowest BCUT2D eigenvalue weighted by molar-refractivity contribution is -0.138. The van der Waals surface area contributed by atoms with E-state index in [4.69, 9.17) is 4.74 Å². The number of ether oxygens (including phenoxy) is 1. The van der Waals surface area contributed by atoms with E-state index in [0.29, 0.717) is 0 Å². The highest BCUT2D eigenvalue weighted by atomic mass is 19.1. The number of esters is 1. The molecule has 2 aliphatic heterocycles. The summed E-state index contributed by atoms with van der Waals surface area (Å²) in [5.74, 6) is -2.30. The van der Waals surface area contributed by atoms with Crippen LogP contribution in [-0.2, 0) is 25.7 Å². The second-order valence-corrected chi connectivity index (χ2v) is 6.63. The first-order valence-electron chi connectivity index (χ1n) is 8.66. The number of nitrogens with one attached hydrogen (secondary N) is 1. The molecule has 7 nitrogen and oxygen atoms in total. The number of hydrogen-bond acceptors (Lipinski definition) is 6. The third-order valence-corrected chi connectivity index (χ3v) is 4.83. The average molecular weight is 381 g/mol. The third-order valence-electron chi connectivity index (χ3n) is 4.83. The highest BCUT2D eigenvalue weighted by molar-refractivity contribution is 6.47. The topological polar surface area (TPSA) is 88.1 Å². The van der Waals surface area contributed by atoms with Crippen LogP contribution in [0.1, 0.15) is 12.0 Å². The summed E-state index contributed by atoms with van der Waals surface area (Å²) in [6.07, 6.45) is -0.213. The Morgan fingerprint density at radius 1 is 1.14 bits per heavy atom. The normalized spacial score (nSPS) is 21.0. The number of hydrazone groups is 1. The molecule has 8 heteroatoms. The quantitative estimate of drug-likeness (QED) is 0.644. The average Bonchev–Trinajstić information content (AvgIpc) is 3.23. The van der Waals surface area contributed by atoms with Crippen LogP contribution in [0.25, 0.3) is 0 Å². The molecular weight excluding hydrogens is 365 g/mol. The van der Waals surface area contributed by atoms with Gasteiger partial charge in [-0.05, 0) is 29.8 Å². The van der Waals surface area contributed by atoms with E-state index in [1.165, 1.54) is 12.1 Å². The van der Waals surface area contributed by atoms with Gasteiger partial charge in [0.2, 0.25) is 11.8 Å². The zero-order chi connectivity index (χ0) is 19.7. The molecule has 0 radical (unpaired) electrons. The van der Waals surface area contributed by atoms with Crippen molar-refractivity contribution in [2.24, 2.45) is 10.5 Å². The first kappa shape index (κ1) is 17.8. The van der Waals surface area contributed by atoms with E-state index in [1.807, 2.05) is 18.2 Å². The molecule has 0 aliphatic carbocycles. The molecule has 2 aromatic carbocycles. The second-order valence-electron chi connectivity index (χ2n) is 6.63. The van der Waals surface area contributed by atoms with Crippen molar-refractivity contribution in [3.8, 4) is 0 Å². The lowest BCUT2D eigenvalue weighted by atomic mass is 9.81. The van der Waals surface area contributed by atoms with E-state index in [0.717, 1.165) is 22.6 Å². The number of halogens is 1. The minimum atomic E-state index is -1.42. The van der Waals surface area contributed by atoms with E-state index < -0.39 is 29.0 Å². The molecule has 1 N–H and O–H groups in total. The fourth-order valence-electron chi connectivity index (χ4n) is 3.39. The van der Waals surface area contributed by atoms with Gasteiger partial charge in [0.25, 0.3) is 0 Å². The van der Waals surface area contributed by atoms with Crippen molar-refractivity contribution < 1.29 is 23.5 Å². The van der Waals surface area contributed by atoms with Crippen LogP contribution in [-0.4, -0.2) is 30.0 Å². The van der Waals surface area contributed by atoms with E-state index in [2.05, 4.69) is 10.5 Å². The van der Waals surface area contributed by atoms with Crippen LogP contribution >= 0.6 is 0 Å². The van der Waals surface area contributed by atoms with E-state index >= 15 is 0 Å². The molecule has 0 aromatic heterocycles. The lowest BCUT2D eigenvalue weighted by Crippen LogP contribution is -2.45. The molecule has 1 atom stereocenters. The van der Waals surface area contributed by atoms with E-state index in [-0.39, 0.29) is 31.0 Å². The van der Waals surface area contributed by atoms with Crippen LogP contribution in [0.4, 0.5) is 10.1 Å². The first-order chi connectivity index (χ1) is 13.5. The molecule has 1 spiro atoms. The predicted molar refractivity (Wildman–Crippen MR) is 97.6 cm³/mol. The van der Waals surface area contributed by atoms with Gasteiger partial charge in [0, 0.05) is 6.42 Å². The number of amides is 2. The largest absolute Gasteiger partial charge is 0.456 e. The molecule has 1 fully saturated rings. The summed E-state index contributed by atoms with van der Waals surface area (Å²) in [6, 6.07) is 14.1. The number of anilines is 1. The number of carbonyl (C=O) groups excluding carboxylic acids is 3. The van der Waals surface area contributed by atoms with Gasteiger partial charge in [-0.2, -0.15) is 5.10 Å². The Bertz CT molecular complexity index is 975. The monoisotopic (exact) mass is 381 g/mol. The Hall–Kier alpha value is -3.55. The predicted octanol–water partition coefficient (Wildman–Crippen LogP) is 1.78. The number of imide groups is 1. The molecule has 1 unspecified atom stereocenters. The maximum Gasteiger partial charge on any atom is 0.356 e. The van der Waals surface area contributed by atoms with Crippen LogP contribution in [0, 0.1) is 11.2 Å². The summed E-state index contributed by atoms with van der Waals surface area (Å²) in [7, 11) is 0. The maximum atomic E-state index is 13.2. The van der Waals surface area contributed by atoms with Crippen LogP contribution in [0.3, 0.4) is 0 Å². The molecule has 1 saturated heterocycles. The van der Waals surface area contributed by atoms with Gasteiger partial charge in [-0.15, -0.1) is 0 Å². The Labute approximate surface area is 159 Å². The number of benzene rings is 2. The molecule has 4 rings (SSSR count). The summed E-state index contributed by atoms with van der Waals surface area (Å²) >= 11 is 0. The lowest BCUT2D eigenvalue weighted by Gasteiger charge is -2.21. The molecule has 2 aliphatic rings. The van der Waals surface area contributed by atoms with Crippen molar-refractivity contribution in [2.45, 2.75) is 13.0 Å². The zero-order valence-electron chi connectivity index (χ0n) is 14.7. The fourth-order valence-corrected chi connectivity index (χ4v) is 3.39. The summed E-state index contributed by atoms with van der Waals surface area (Å²) in [4.78, 5) is 39.2. The Morgan fingerprint density at radius 2 is 1.86 bits per heavy atom. The Balaban J connectivity index is 1.56. The van der Waals surface area contributed by atoms with Gasteiger partial charge in [0.1, 0.15) is 17.8 Å². The zero-order valence-corrected chi connectivity index (χ0v) is 14.7. The Morgan fingerprint density at radius 3 is 2.57 bits per heavy atom. The van der Waals surface area contributed by atoms with Crippen molar-refractivity contribution in [1.29, 1.82) is 0 Å². The molecular formula is C20H16FN3O4. The minimum absolute atomic E-state index is 0.0189. The minimum Gasteiger partial charge on any atom is -0.456 e. The second kappa shape index (κ2) is 6.88. The third kappa shape index (κ3) is 2.92. The van der Waals surface area contributed by atoms with E-state index in [1.54, 1.807) is 12.1 Å². The van der Waals surface area contributed by atoms with Crippen LogP contribution < -0.4 is 10.3 Å². The van der Waals surface area contributed by atoms with Crippen LogP contribution in [0.5, 0.6) is 0 Å². The molecule has 2 amide bonds. The summed E-state index contributed by atoms with van der Waals surface area (Å²) in [5, 5.41) is 3.94. The smallest absolute Gasteiger partial charge is 0.356 e. The van der Waals surface area contributed by atoms with Gasteiger partial charge >= 0.3 is 5.97 Å². The summed E-state index contributed by atoms with van der Waals surface area (Å²) in [6.45, 7) is 0.0453. The van der Waals surface area contributed by atoms with Gasteiger partial charge in [-0.1, -0.05) is 30.3 Å². The molecule has 28 heavy (non-hydrogen) atoms. The number of hydrogen-bond donors (Lipinski definition) is 1. The fraction of sp³-hybridized carbons (Fsp3) is 0.200. The molecule has 2 heterocycles. The highest BCUT2D eigenvalue weighted by Gasteiger charge is 2.59. The summed E-state index contributed by atoms with van der Waals surface area (Å²) in [5.41, 5.74) is 2.14. The van der Waals surface area contributed by atoms with Crippen molar-refractivity contribution in [3.05, 3.63) is 66.0 Å². The van der Waals surface area contributed by atoms with Crippen LogP contribution in [0.15, 0.2) is 59.7 Å². The van der Waals surface area contributed by atoms with Crippen molar-refractivity contribution >= 4 is 29.2 Å². The van der Waals surface area contributed by atoms with Gasteiger partial charge in [-0.25, -0.2) is 14.1 Å². The van der Waals surface area contributed by atoms with Crippen LogP contribution in [0.2, 0.25) is 0 Å². The van der Waals surface area contributed by atoms with Gasteiger partial charge in [0.15, 0.2) is 5.71 Å². The number of rotatable bonds is 4. The van der Waals surface area contributed by atoms with Crippen molar-refractivity contribution in [2.75, 3.05) is 11.4 Å². The molecule has 142 valence electrons. The standard InChI is InChI=1S/C20H16FN3O4/c21-14-6-8-15(9-7-14)24-16(25)10-20(19(24)27)12-22-23-17(20)18(26)28-11-13-4-2-1-3-5-13/h1-9,22H,10-12H2. The van der Waals surface area contributed by atoms with Gasteiger partial charge < -0.3 is 10.2 Å². The number of carbonyl (C=O) groups is 3. The summed E-state index contributed by atoms with van der Waals surface area (Å²) < 4.78 is 18.5. The Kier molecular flexibility index (Phi) is 4.38. The number of nitrogens with zero attached hydrogens (tertiary/aromatic N) is 2. The molecule has 0 saturated carbocycles. The highest BCUT2D eigenvalue weighted by Crippen LogP contribution is 2.39. The van der Waals surface area contributed by atoms with Gasteiger partial charge in [-0.3, -0.25) is 9.59 Å². The first-order valence-corrected chi connectivity index (χ1v) is 8.66. The van der Waals surface area contributed by atoms with Crippen molar-refractivity contribution in [3.63, 3.8) is 0 Å².